The Bertz CT molecular complexity index is 732. The predicted molar refractivity (Wildman–Crippen MR) is 87.2 cm³/mol. The second kappa shape index (κ2) is 5.46. The van der Waals surface area contributed by atoms with Crippen LogP contribution in [0, 0.1) is 0 Å². The minimum absolute atomic E-state index is 0.443. The van der Waals surface area contributed by atoms with Crippen molar-refractivity contribution >= 4 is 23.1 Å². The predicted octanol–water partition coefficient (Wildman–Crippen LogP) is 2.36. The molecule has 22 heavy (non-hydrogen) atoms. The van der Waals surface area contributed by atoms with E-state index in [-0.39, 0.29) is 0 Å². The van der Waals surface area contributed by atoms with Crippen LogP contribution in [-0.4, -0.2) is 32.6 Å². The Hall–Kier alpha value is -2.34. The van der Waals surface area contributed by atoms with Crippen LogP contribution in [-0.2, 0) is 5.54 Å². The number of nitrogens with two attached hydrogens (primary N) is 1. The fraction of sp³-hybridized carbons (Fsp3) is 0.267. The Morgan fingerprint density at radius 1 is 1.41 bits per heavy atom. The van der Waals surface area contributed by atoms with Crippen molar-refractivity contribution in [3.8, 4) is 0 Å². The molecule has 0 aliphatic carbocycles. The number of guanidine groups is 1. The van der Waals surface area contributed by atoms with Gasteiger partial charge in [-0.05, 0) is 26.0 Å². The molecule has 0 fully saturated rings. The minimum Gasteiger partial charge on any atom is -0.369 e. The van der Waals surface area contributed by atoms with E-state index in [4.69, 9.17) is 17.3 Å². The molecule has 7 heteroatoms. The van der Waals surface area contributed by atoms with Gasteiger partial charge in [0.15, 0.2) is 5.96 Å². The molecule has 1 aliphatic heterocycles. The van der Waals surface area contributed by atoms with Gasteiger partial charge in [-0.2, -0.15) is 5.10 Å². The number of aliphatic imine (C=N–C) groups is 1. The van der Waals surface area contributed by atoms with Gasteiger partial charge in [0.1, 0.15) is 0 Å². The van der Waals surface area contributed by atoms with Crippen molar-refractivity contribution in [2.45, 2.75) is 19.4 Å². The van der Waals surface area contributed by atoms with Gasteiger partial charge in [-0.3, -0.25) is 10.1 Å². The zero-order valence-corrected chi connectivity index (χ0v) is 13.2. The molecule has 2 aromatic heterocycles. The van der Waals surface area contributed by atoms with Crippen LogP contribution >= 0.6 is 11.6 Å². The summed E-state index contributed by atoms with van der Waals surface area (Å²) in [5.41, 5.74) is 8.40. The van der Waals surface area contributed by atoms with Gasteiger partial charge >= 0.3 is 0 Å². The Kier molecular flexibility index (Phi) is 3.62. The van der Waals surface area contributed by atoms with Gasteiger partial charge in [-0.1, -0.05) is 11.6 Å². The second-order valence-electron chi connectivity index (χ2n) is 5.61. The third-order valence-electron chi connectivity index (χ3n) is 3.84. The molecule has 0 radical (unpaired) electrons. The van der Waals surface area contributed by atoms with Crippen molar-refractivity contribution in [2.75, 3.05) is 6.54 Å². The first kappa shape index (κ1) is 14.6. The number of nitrogens with one attached hydrogen (secondary N) is 1. The van der Waals surface area contributed by atoms with E-state index >= 15 is 0 Å². The molecule has 0 aromatic carbocycles. The maximum absolute atomic E-state index is 6.31. The van der Waals surface area contributed by atoms with Crippen molar-refractivity contribution in [2.24, 2.45) is 10.7 Å². The zero-order chi connectivity index (χ0) is 15.7. The molecular formula is C15H17ClN6. The molecule has 3 rings (SSSR count). The number of aromatic amines is 1. The van der Waals surface area contributed by atoms with Gasteiger partial charge in [0.2, 0.25) is 0 Å². The average molecular weight is 317 g/mol. The molecule has 0 amide bonds. The average Bonchev–Trinajstić information content (AvgIpc) is 3.02. The van der Waals surface area contributed by atoms with E-state index in [1.165, 1.54) is 0 Å². The lowest BCUT2D eigenvalue weighted by atomic mass is 9.95. The van der Waals surface area contributed by atoms with Gasteiger partial charge < -0.3 is 10.6 Å². The molecule has 6 nitrogen and oxygen atoms in total. The first-order valence-electron chi connectivity index (χ1n) is 6.90. The summed E-state index contributed by atoms with van der Waals surface area (Å²) in [6.45, 7) is 4.67. The lowest BCUT2D eigenvalue weighted by Crippen LogP contribution is -2.51. The fourth-order valence-electron chi connectivity index (χ4n) is 2.55. The van der Waals surface area contributed by atoms with E-state index < -0.39 is 5.54 Å². The minimum atomic E-state index is -0.491. The molecule has 0 saturated heterocycles. The Morgan fingerprint density at radius 2 is 2.23 bits per heavy atom. The van der Waals surface area contributed by atoms with Gasteiger partial charge in [-0.15, -0.1) is 0 Å². The standard InChI is InChI=1S/C15H17ClN6/c1-15(2,13-12(16)4-3-5-18-13)22-9-11(6-19-14(22)17)10-7-20-21-8-10/h3-8H,9H2,1-2H3,(H2,17,19)(H,20,21). The summed E-state index contributed by atoms with van der Waals surface area (Å²) in [7, 11) is 0. The van der Waals surface area contributed by atoms with Gasteiger partial charge in [0.05, 0.1) is 22.5 Å². The highest BCUT2D eigenvalue weighted by Gasteiger charge is 2.35. The van der Waals surface area contributed by atoms with Crippen LogP contribution in [0.3, 0.4) is 0 Å². The first-order chi connectivity index (χ1) is 10.5. The summed E-state index contributed by atoms with van der Waals surface area (Å²) in [5, 5.41) is 7.40. The topological polar surface area (TPSA) is 83.2 Å². The molecule has 3 N–H and O–H groups in total. The summed E-state index contributed by atoms with van der Waals surface area (Å²) < 4.78 is 0. The number of H-pyrrole nitrogens is 1. The number of halogens is 1. The fourth-order valence-corrected chi connectivity index (χ4v) is 2.90. The van der Waals surface area contributed by atoms with E-state index in [2.05, 4.69) is 20.2 Å². The van der Waals surface area contributed by atoms with Crippen LogP contribution in [0.5, 0.6) is 0 Å². The Labute approximate surface area is 133 Å². The maximum atomic E-state index is 6.31. The number of hydrogen-bond donors (Lipinski definition) is 2. The van der Waals surface area contributed by atoms with Gasteiger partial charge in [0, 0.05) is 36.3 Å². The molecule has 0 unspecified atom stereocenters. The number of pyridine rings is 1. The monoisotopic (exact) mass is 316 g/mol. The Balaban J connectivity index is 1.96. The third-order valence-corrected chi connectivity index (χ3v) is 4.14. The highest BCUT2D eigenvalue weighted by atomic mass is 35.5. The summed E-state index contributed by atoms with van der Waals surface area (Å²) in [6, 6.07) is 3.64. The highest BCUT2D eigenvalue weighted by molar-refractivity contribution is 6.31. The van der Waals surface area contributed by atoms with Crippen LogP contribution in [0.1, 0.15) is 25.1 Å². The van der Waals surface area contributed by atoms with E-state index in [1.807, 2.05) is 37.1 Å². The molecule has 2 aromatic rings. The van der Waals surface area contributed by atoms with E-state index in [1.54, 1.807) is 18.6 Å². The van der Waals surface area contributed by atoms with E-state index in [9.17, 15) is 0 Å². The lowest BCUT2D eigenvalue weighted by Gasteiger charge is -2.41. The van der Waals surface area contributed by atoms with Gasteiger partial charge in [0.25, 0.3) is 0 Å². The van der Waals surface area contributed by atoms with Crippen molar-refractivity contribution in [1.82, 2.24) is 20.1 Å². The lowest BCUT2D eigenvalue weighted by molar-refractivity contribution is 0.228. The zero-order valence-electron chi connectivity index (χ0n) is 12.4. The number of nitrogens with zero attached hydrogens (tertiary/aromatic N) is 4. The van der Waals surface area contributed by atoms with Crippen LogP contribution in [0.25, 0.3) is 5.57 Å². The highest BCUT2D eigenvalue weighted by Crippen LogP contribution is 2.34. The van der Waals surface area contributed by atoms with Gasteiger partial charge in [-0.25, -0.2) is 4.99 Å². The largest absolute Gasteiger partial charge is 0.369 e. The molecule has 0 saturated carbocycles. The van der Waals surface area contributed by atoms with Crippen LogP contribution < -0.4 is 5.73 Å². The number of rotatable bonds is 3. The summed E-state index contributed by atoms with van der Waals surface area (Å²) in [6.07, 6.45) is 7.10. The SMILES string of the molecule is CC(C)(c1ncccc1Cl)N1CC(c2cn[nH]c2)=CN=C1N. The molecule has 0 bridgehead atoms. The van der Waals surface area contributed by atoms with Crippen LogP contribution in [0.4, 0.5) is 0 Å². The molecule has 0 spiro atoms. The Morgan fingerprint density at radius 3 is 2.91 bits per heavy atom. The van der Waals surface area contributed by atoms with E-state index in [0.717, 1.165) is 16.8 Å². The van der Waals surface area contributed by atoms with Crippen LogP contribution in [0.2, 0.25) is 5.02 Å². The summed E-state index contributed by atoms with van der Waals surface area (Å²) in [4.78, 5) is 10.7. The second-order valence-corrected chi connectivity index (χ2v) is 6.01. The summed E-state index contributed by atoms with van der Waals surface area (Å²) in [5.74, 6) is 0.443. The third kappa shape index (κ3) is 2.46. The molecule has 3 heterocycles. The first-order valence-corrected chi connectivity index (χ1v) is 7.28. The number of aromatic nitrogens is 3. The number of hydrogen-bond acceptors (Lipinski definition) is 5. The van der Waals surface area contributed by atoms with Crippen molar-refractivity contribution in [3.05, 3.63) is 53.2 Å². The van der Waals surface area contributed by atoms with Crippen molar-refractivity contribution < 1.29 is 0 Å². The van der Waals surface area contributed by atoms with Crippen molar-refractivity contribution in [3.63, 3.8) is 0 Å². The van der Waals surface area contributed by atoms with E-state index in [0.29, 0.717) is 17.5 Å². The molecule has 1 aliphatic rings. The molecule has 0 atom stereocenters. The van der Waals surface area contributed by atoms with Crippen molar-refractivity contribution in [1.29, 1.82) is 0 Å². The molecule has 114 valence electrons. The normalized spacial score (nSPS) is 15.5. The van der Waals surface area contributed by atoms with Crippen LogP contribution in [0.15, 0.2) is 41.9 Å². The molecular weight excluding hydrogens is 300 g/mol. The smallest absolute Gasteiger partial charge is 0.196 e. The summed E-state index contributed by atoms with van der Waals surface area (Å²) >= 11 is 6.31. The quantitative estimate of drug-likeness (QED) is 0.910. The maximum Gasteiger partial charge on any atom is 0.196 e.